The van der Waals surface area contributed by atoms with E-state index in [2.05, 4.69) is 42.0 Å². The molecule has 0 aliphatic rings. The summed E-state index contributed by atoms with van der Waals surface area (Å²) in [5.41, 5.74) is 4.68. The second kappa shape index (κ2) is 7.34. The molecule has 0 spiro atoms. The lowest BCUT2D eigenvalue weighted by molar-refractivity contribution is 0.776. The Kier molecular flexibility index (Phi) is 4.99. The van der Waals surface area contributed by atoms with Crippen LogP contribution in [0.3, 0.4) is 0 Å². The molecule has 0 aliphatic carbocycles. The van der Waals surface area contributed by atoms with Gasteiger partial charge in [-0.05, 0) is 59.0 Å². The first kappa shape index (κ1) is 15.6. The van der Waals surface area contributed by atoms with Gasteiger partial charge in [-0.15, -0.1) is 5.10 Å². The average molecular weight is 392 g/mol. The molecular formula is C15H12BrClN6. The molecule has 0 unspecified atom stereocenters. The zero-order chi connectivity index (χ0) is 16.1. The number of benzene rings is 2. The van der Waals surface area contributed by atoms with Gasteiger partial charge in [0, 0.05) is 22.1 Å². The minimum Gasteiger partial charge on any atom is -0.279 e. The molecule has 1 N–H and O–H groups in total. The van der Waals surface area contributed by atoms with Crippen molar-refractivity contribution in [1.82, 2.24) is 20.2 Å². The number of hydrogen-bond donors (Lipinski definition) is 1. The van der Waals surface area contributed by atoms with E-state index in [0.29, 0.717) is 17.3 Å². The molecule has 6 nitrogen and oxygen atoms in total. The molecule has 3 aromatic rings. The van der Waals surface area contributed by atoms with Gasteiger partial charge in [-0.1, -0.05) is 27.5 Å². The molecule has 0 amide bonds. The fourth-order valence-corrected chi connectivity index (χ4v) is 2.28. The van der Waals surface area contributed by atoms with Crippen molar-refractivity contribution in [2.45, 2.75) is 6.42 Å². The predicted octanol–water partition coefficient (Wildman–Crippen LogP) is 3.72. The van der Waals surface area contributed by atoms with Gasteiger partial charge in [-0.25, -0.2) is 0 Å². The number of hydrazone groups is 1. The standard InChI is InChI=1S/C15H12BrClN6/c16-11-1-7-14(8-2-11)23-15(20-21-22-23)9-10-18-19-13-5-3-12(17)4-6-13/h1-8,10,19H,9H2. The van der Waals surface area contributed by atoms with Gasteiger partial charge in [0.05, 0.1) is 11.4 Å². The molecule has 1 aromatic heterocycles. The SMILES string of the molecule is Clc1ccc(NN=CCc2nnnn2-c2ccc(Br)cc2)cc1. The summed E-state index contributed by atoms with van der Waals surface area (Å²) < 4.78 is 2.69. The Morgan fingerprint density at radius 3 is 2.61 bits per heavy atom. The van der Waals surface area contributed by atoms with Gasteiger partial charge in [0.1, 0.15) is 0 Å². The van der Waals surface area contributed by atoms with Gasteiger partial charge in [0.25, 0.3) is 0 Å². The summed E-state index contributed by atoms with van der Waals surface area (Å²) >= 11 is 9.24. The lowest BCUT2D eigenvalue weighted by Crippen LogP contribution is -2.04. The summed E-state index contributed by atoms with van der Waals surface area (Å²) in [6.07, 6.45) is 2.22. The first-order valence-corrected chi connectivity index (χ1v) is 7.96. The topological polar surface area (TPSA) is 68.0 Å². The lowest BCUT2D eigenvalue weighted by Gasteiger charge is -2.03. The molecule has 3 rings (SSSR count). The van der Waals surface area contributed by atoms with E-state index in [1.54, 1.807) is 23.0 Å². The van der Waals surface area contributed by atoms with Crippen molar-refractivity contribution >= 4 is 39.4 Å². The predicted molar refractivity (Wildman–Crippen MR) is 94.1 cm³/mol. The summed E-state index contributed by atoms with van der Waals surface area (Å²) in [6, 6.07) is 15.1. The Bertz CT molecular complexity index is 798. The highest BCUT2D eigenvalue weighted by Gasteiger charge is 2.06. The molecule has 2 aromatic carbocycles. The fourth-order valence-electron chi connectivity index (χ4n) is 1.89. The quantitative estimate of drug-likeness (QED) is 0.532. The Balaban J connectivity index is 1.65. The third-order valence-electron chi connectivity index (χ3n) is 3.01. The van der Waals surface area contributed by atoms with Crippen molar-refractivity contribution in [3.05, 3.63) is 63.9 Å². The summed E-state index contributed by atoms with van der Waals surface area (Å²) in [5.74, 6) is 0.703. The van der Waals surface area contributed by atoms with E-state index in [9.17, 15) is 0 Å². The molecular weight excluding hydrogens is 380 g/mol. The van der Waals surface area contributed by atoms with E-state index < -0.39 is 0 Å². The number of tetrazole rings is 1. The van der Waals surface area contributed by atoms with Crippen molar-refractivity contribution in [3.8, 4) is 5.69 Å². The van der Waals surface area contributed by atoms with E-state index in [0.717, 1.165) is 15.8 Å². The third kappa shape index (κ3) is 4.14. The number of halogens is 2. The van der Waals surface area contributed by atoms with Crippen LogP contribution in [0, 0.1) is 0 Å². The molecule has 0 bridgehead atoms. The number of nitrogens with one attached hydrogen (secondary N) is 1. The second-order valence-corrected chi connectivity index (χ2v) is 5.97. The van der Waals surface area contributed by atoms with Crippen LogP contribution in [-0.4, -0.2) is 26.4 Å². The zero-order valence-electron chi connectivity index (χ0n) is 11.9. The smallest absolute Gasteiger partial charge is 0.162 e. The minimum absolute atomic E-state index is 0.504. The van der Waals surface area contributed by atoms with Crippen molar-refractivity contribution in [2.75, 3.05) is 5.43 Å². The van der Waals surface area contributed by atoms with Crippen molar-refractivity contribution in [2.24, 2.45) is 5.10 Å². The average Bonchev–Trinajstić information content (AvgIpc) is 3.02. The number of hydrogen-bond acceptors (Lipinski definition) is 5. The highest BCUT2D eigenvalue weighted by atomic mass is 79.9. The van der Waals surface area contributed by atoms with Gasteiger partial charge in [-0.3, -0.25) is 5.43 Å². The highest BCUT2D eigenvalue weighted by Crippen LogP contribution is 2.14. The summed E-state index contributed by atoms with van der Waals surface area (Å²) in [4.78, 5) is 0. The molecule has 0 aliphatic heterocycles. The van der Waals surface area contributed by atoms with Crippen LogP contribution in [-0.2, 0) is 6.42 Å². The van der Waals surface area contributed by atoms with Crippen molar-refractivity contribution < 1.29 is 0 Å². The zero-order valence-corrected chi connectivity index (χ0v) is 14.2. The van der Waals surface area contributed by atoms with Gasteiger partial charge >= 0.3 is 0 Å². The summed E-state index contributed by atoms with van der Waals surface area (Å²) in [5, 5.41) is 16.6. The van der Waals surface area contributed by atoms with Crippen LogP contribution < -0.4 is 5.43 Å². The molecule has 1 heterocycles. The Morgan fingerprint density at radius 2 is 1.87 bits per heavy atom. The monoisotopic (exact) mass is 390 g/mol. The maximum absolute atomic E-state index is 5.83. The van der Waals surface area contributed by atoms with Gasteiger partial charge < -0.3 is 0 Å². The highest BCUT2D eigenvalue weighted by molar-refractivity contribution is 9.10. The number of rotatable bonds is 5. The van der Waals surface area contributed by atoms with Crippen LogP contribution in [0.25, 0.3) is 5.69 Å². The fraction of sp³-hybridized carbons (Fsp3) is 0.0667. The molecule has 8 heteroatoms. The van der Waals surface area contributed by atoms with E-state index in [4.69, 9.17) is 11.6 Å². The largest absolute Gasteiger partial charge is 0.279 e. The van der Waals surface area contributed by atoms with Crippen LogP contribution in [0.2, 0.25) is 5.02 Å². The summed E-state index contributed by atoms with van der Waals surface area (Å²) in [7, 11) is 0. The number of aromatic nitrogens is 4. The number of anilines is 1. The van der Waals surface area contributed by atoms with E-state index in [-0.39, 0.29) is 0 Å². The molecule has 0 atom stereocenters. The van der Waals surface area contributed by atoms with Crippen LogP contribution in [0.5, 0.6) is 0 Å². The summed E-state index contributed by atoms with van der Waals surface area (Å²) in [6.45, 7) is 0. The maximum Gasteiger partial charge on any atom is 0.162 e. The molecule has 0 radical (unpaired) electrons. The van der Waals surface area contributed by atoms with Gasteiger partial charge in [0.15, 0.2) is 5.82 Å². The second-order valence-electron chi connectivity index (χ2n) is 4.62. The number of nitrogens with zero attached hydrogens (tertiary/aromatic N) is 5. The minimum atomic E-state index is 0.504. The lowest BCUT2D eigenvalue weighted by atomic mass is 10.3. The van der Waals surface area contributed by atoms with Crippen molar-refractivity contribution in [1.29, 1.82) is 0 Å². The normalized spacial score (nSPS) is 11.0. The maximum atomic E-state index is 5.83. The van der Waals surface area contributed by atoms with Crippen LogP contribution in [0.15, 0.2) is 58.1 Å². The first-order valence-electron chi connectivity index (χ1n) is 6.79. The van der Waals surface area contributed by atoms with E-state index >= 15 is 0 Å². The molecule has 0 fully saturated rings. The van der Waals surface area contributed by atoms with E-state index in [1.807, 2.05) is 36.4 Å². The van der Waals surface area contributed by atoms with Gasteiger partial charge in [-0.2, -0.15) is 9.78 Å². The Morgan fingerprint density at radius 1 is 1.13 bits per heavy atom. The Hall–Kier alpha value is -2.25. The first-order chi connectivity index (χ1) is 11.2. The molecule has 0 saturated heterocycles. The van der Waals surface area contributed by atoms with Crippen LogP contribution in [0.1, 0.15) is 5.82 Å². The van der Waals surface area contributed by atoms with E-state index in [1.165, 1.54) is 0 Å². The van der Waals surface area contributed by atoms with Gasteiger partial charge in [0.2, 0.25) is 0 Å². The third-order valence-corrected chi connectivity index (χ3v) is 3.79. The van der Waals surface area contributed by atoms with Crippen LogP contribution >= 0.6 is 27.5 Å². The molecule has 0 saturated carbocycles. The Labute approximate surface area is 146 Å². The van der Waals surface area contributed by atoms with Crippen molar-refractivity contribution in [3.63, 3.8) is 0 Å². The van der Waals surface area contributed by atoms with Crippen LogP contribution in [0.4, 0.5) is 5.69 Å². The molecule has 23 heavy (non-hydrogen) atoms. The molecule has 116 valence electrons.